The molecule has 2 aliphatic rings. The molecule has 5 unspecified atom stereocenters. The summed E-state index contributed by atoms with van der Waals surface area (Å²) in [7, 11) is 0. The van der Waals surface area contributed by atoms with E-state index in [9.17, 15) is 4.79 Å². The summed E-state index contributed by atoms with van der Waals surface area (Å²) in [4.78, 5) is 11.7. The van der Waals surface area contributed by atoms with Gasteiger partial charge in [-0.05, 0) is 18.8 Å². The molecule has 0 aromatic rings. The normalized spacial score (nSPS) is 38.7. The number of rotatable bonds is 4. The molecule has 1 heterocycles. The minimum Gasteiger partial charge on any atom is -0.463 e. The molecule has 2 fully saturated rings. The van der Waals surface area contributed by atoms with E-state index in [-0.39, 0.29) is 37.1 Å². The molecule has 2 rings (SSSR count). The van der Waals surface area contributed by atoms with Crippen LogP contribution in [0.1, 0.15) is 19.8 Å². The Morgan fingerprint density at radius 1 is 1.50 bits per heavy atom. The zero-order chi connectivity index (χ0) is 11.7. The van der Waals surface area contributed by atoms with Gasteiger partial charge < -0.3 is 19.7 Å². The highest BCUT2D eigenvalue weighted by Crippen LogP contribution is 2.42. The quantitative estimate of drug-likeness (QED) is 0.512. The van der Waals surface area contributed by atoms with Crippen molar-refractivity contribution in [3.63, 3.8) is 0 Å². The first-order chi connectivity index (χ1) is 7.61. The van der Waals surface area contributed by atoms with Crippen molar-refractivity contribution in [2.45, 2.75) is 38.1 Å². The summed E-state index contributed by atoms with van der Waals surface area (Å²) in [6, 6.07) is 0. The third-order valence-electron chi connectivity index (χ3n) is 3.40. The average Bonchev–Trinajstić information content (AvgIpc) is 3.02. The van der Waals surface area contributed by atoms with Gasteiger partial charge in [-0.3, -0.25) is 4.79 Å². The number of hydrogen-bond acceptors (Lipinski definition) is 5. The molecule has 0 aromatic carbocycles. The number of carbonyl (C=O) groups excluding carboxylic acids is 1. The zero-order valence-corrected chi connectivity index (χ0v) is 9.33. The minimum atomic E-state index is -0.979. The smallest absolute Gasteiger partial charge is 0.309 e. The lowest BCUT2D eigenvalue weighted by atomic mass is 9.80. The molecule has 5 atom stereocenters. The Labute approximate surface area is 94.4 Å². The van der Waals surface area contributed by atoms with Crippen LogP contribution in [0, 0.1) is 11.8 Å². The van der Waals surface area contributed by atoms with Gasteiger partial charge in [-0.2, -0.15) is 0 Å². The van der Waals surface area contributed by atoms with Crippen molar-refractivity contribution < 1.29 is 24.5 Å². The Morgan fingerprint density at radius 2 is 2.19 bits per heavy atom. The molecule has 0 aromatic heterocycles. The molecule has 0 radical (unpaired) electrons. The summed E-state index contributed by atoms with van der Waals surface area (Å²) in [5.74, 6) is -0.147. The van der Waals surface area contributed by atoms with Gasteiger partial charge >= 0.3 is 5.97 Å². The largest absolute Gasteiger partial charge is 0.463 e. The van der Waals surface area contributed by atoms with Gasteiger partial charge in [0.05, 0.1) is 24.7 Å². The van der Waals surface area contributed by atoms with Crippen molar-refractivity contribution in [3.8, 4) is 0 Å². The van der Waals surface area contributed by atoms with E-state index in [0.29, 0.717) is 6.10 Å². The van der Waals surface area contributed by atoms with Crippen LogP contribution < -0.4 is 0 Å². The van der Waals surface area contributed by atoms with E-state index in [1.807, 2.05) is 6.92 Å². The zero-order valence-electron chi connectivity index (χ0n) is 9.33. The molecule has 0 spiro atoms. The molecule has 2 N–H and O–H groups in total. The van der Waals surface area contributed by atoms with E-state index in [1.165, 1.54) is 0 Å². The molecule has 0 bridgehead atoms. The lowest BCUT2D eigenvalue weighted by molar-refractivity contribution is -0.154. The summed E-state index contributed by atoms with van der Waals surface area (Å²) in [6.07, 6.45) is 1.23. The number of aliphatic hydroxyl groups excluding tert-OH is 2. The van der Waals surface area contributed by atoms with Gasteiger partial charge in [-0.15, -0.1) is 0 Å². The van der Waals surface area contributed by atoms with E-state index < -0.39 is 6.10 Å². The summed E-state index contributed by atoms with van der Waals surface area (Å²) in [5.41, 5.74) is 0. The Bertz CT molecular complexity index is 267. The molecule has 1 saturated heterocycles. The lowest BCUT2D eigenvalue weighted by Crippen LogP contribution is -2.32. The summed E-state index contributed by atoms with van der Waals surface area (Å²) < 4.78 is 10.3. The highest BCUT2D eigenvalue weighted by atomic mass is 16.6. The van der Waals surface area contributed by atoms with Crippen LogP contribution in [-0.4, -0.2) is 47.7 Å². The Kier molecular flexibility index (Phi) is 3.47. The summed E-state index contributed by atoms with van der Waals surface area (Å²) in [6.45, 7) is 1.50. The van der Waals surface area contributed by atoms with Crippen LogP contribution in [0.15, 0.2) is 0 Å². The van der Waals surface area contributed by atoms with Crippen LogP contribution in [-0.2, 0) is 14.3 Å². The predicted molar refractivity (Wildman–Crippen MR) is 54.6 cm³/mol. The van der Waals surface area contributed by atoms with Crippen LogP contribution in [0.25, 0.3) is 0 Å². The van der Waals surface area contributed by atoms with Crippen LogP contribution in [0.5, 0.6) is 0 Å². The summed E-state index contributed by atoms with van der Waals surface area (Å²) >= 11 is 0. The second kappa shape index (κ2) is 4.69. The van der Waals surface area contributed by atoms with Gasteiger partial charge in [-0.1, -0.05) is 6.92 Å². The molecule has 5 heteroatoms. The van der Waals surface area contributed by atoms with E-state index in [4.69, 9.17) is 19.7 Å². The molecule has 5 nitrogen and oxygen atoms in total. The number of esters is 1. The van der Waals surface area contributed by atoms with Crippen molar-refractivity contribution in [1.82, 2.24) is 0 Å². The third kappa shape index (κ3) is 2.53. The maximum atomic E-state index is 11.7. The van der Waals surface area contributed by atoms with E-state index in [0.717, 1.165) is 12.8 Å². The first-order valence-corrected chi connectivity index (χ1v) is 5.72. The van der Waals surface area contributed by atoms with Gasteiger partial charge in [0.1, 0.15) is 12.7 Å². The summed E-state index contributed by atoms with van der Waals surface area (Å²) in [5, 5.41) is 17.7. The minimum absolute atomic E-state index is 0.130. The molecular formula is C11H18O5. The average molecular weight is 230 g/mol. The van der Waals surface area contributed by atoms with E-state index in [2.05, 4.69) is 0 Å². The van der Waals surface area contributed by atoms with Gasteiger partial charge in [-0.25, -0.2) is 0 Å². The second-order valence-electron chi connectivity index (χ2n) is 4.73. The Hall–Kier alpha value is -0.650. The Balaban J connectivity index is 1.79. The number of ether oxygens (including phenoxy) is 2. The monoisotopic (exact) mass is 230 g/mol. The standard InChI is InChI=1S/C11H18O5/c1-6-2-9-10(16-9)3-8(6)11(14)15-5-7(13)4-12/h6-10,12-13H,2-5H2,1H3. The molecule has 1 aliphatic carbocycles. The number of aliphatic hydroxyl groups is 2. The van der Waals surface area contributed by atoms with E-state index >= 15 is 0 Å². The van der Waals surface area contributed by atoms with Crippen LogP contribution in [0.4, 0.5) is 0 Å². The fourth-order valence-electron chi connectivity index (χ4n) is 2.27. The molecule has 0 amide bonds. The van der Waals surface area contributed by atoms with Gasteiger partial charge in [0.15, 0.2) is 0 Å². The predicted octanol–water partition coefficient (Wildman–Crippen LogP) is -0.304. The topological polar surface area (TPSA) is 79.3 Å². The maximum absolute atomic E-state index is 11.7. The first-order valence-electron chi connectivity index (χ1n) is 5.72. The third-order valence-corrected chi connectivity index (χ3v) is 3.40. The molecule has 92 valence electrons. The van der Waals surface area contributed by atoms with Crippen LogP contribution in [0.3, 0.4) is 0 Å². The molecule has 1 aliphatic heterocycles. The van der Waals surface area contributed by atoms with Crippen molar-refractivity contribution in [2.24, 2.45) is 11.8 Å². The van der Waals surface area contributed by atoms with E-state index in [1.54, 1.807) is 0 Å². The fraction of sp³-hybridized carbons (Fsp3) is 0.909. The molecule has 16 heavy (non-hydrogen) atoms. The van der Waals surface area contributed by atoms with Crippen molar-refractivity contribution in [3.05, 3.63) is 0 Å². The SMILES string of the molecule is CC1CC2OC2CC1C(=O)OCC(O)CO. The van der Waals surface area contributed by atoms with Gasteiger partial charge in [0, 0.05) is 0 Å². The van der Waals surface area contributed by atoms with Crippen LogP contribution in [0.2, 0.25) is 0 Å². The highest BCUT2D eigenvalue weighted by molar-refractivity contribution is 5.73. The van der Waals surface area contributed by atoms with Crippen molar-refractivity contribution >= 4 is 5.97 Å². The molecular weight excluding hydrogens is 212 g/mol. The second-order valence-corrected chi connectivity index (χ2v) is 4.73. The highest BCUT2D eigenvalue weighted by Gasteiger charge is 2.49. The van der Waals surface area contributed by atoms with Crippen molar-refractivity contribution in [2.75, 3.05) is 13.2 Å². The number of fused-ring (bicyclic) bond motifs is 1. The number of hydrogen-bond donors (Lipinski definition) is 2. The van der Waals surface area contributed by atoms with Gasteiger partial charge in [0.2, 0.25) is 0 Å². The first kappa shape index (κ1) is 11.8. The maximum Gasteiger partial charge on any atom is 0.309 e. The molecule has 1 saturated carbocycles. The lowest BCUT2D eigenvalue weighted by Gasteiger charge is -2.24. The fourth-order valence-corrected chi connectivity index (χ4v) is 2.27. The van der Waals surface area contributed by atoms with Crippen molar-refractivity contribution in [1.29, 1.82) is 0 Å². The number of epoxide rings is 1. The Morgan fingerprint density at radius 3 is 2.88 bits per heavy atom. The number of carbonyl (C=O) groups is 1. The van der Waals surface area contributed by atoms with Crippen LogP contribution >= 0.6 is 0 Å². The van der Waals surface area contributed by atoms with Gasteiger partial charge in [0.25, 0.3) is 0 Å².